The molecular weight excluding hydrogens is 302 g/mol. The third-order valence-corrected chi connectivity index (χ3v) is 4.85. The molecule has 1 fully saturated rings. The molecule has 24 heavy (non-hydrogen) atoms. The summed E-state index contributed by atoms with van der Waals surface area (Å²) in [5.74, 6) is 0. The zero-order valence-corrected chi connectivity index (χ0v) is 14.5. The van der Waals surface area contributed by atoms with E-state index in [0.29, 0.717) is 25.3 Å². The molecule has 0 unspecified atom stereocenters. The third-order valence-electron chi connectivity index (χ3n) is 4.85. The summed E-state index contributed by atoms with van der Waals surface area (Å²) < 4.78 is 11.2. The molecule has 2 aromatic rings. The van der Waals surface area contributed by atoms with Crippen LogP contribution in [0.4, 0.5) is 5.69 Å². The van der Waals surface area contributed by atoms with Gasteiger partial charge >= 0.3 is 0 Å². The van der Waals surface area contributed by atoms with Crippen LogP contribution >= 0.6 is 0 Å². The van der Waals surface area contributed by atoms with Gasteiger partial charge in [0, 0.05) is 51.3 Å². The van der Waals surface area contributed by atoms with Crippen LogP contribution in [0.5, 0.6) is 0 Å². The van der Waals surface area contributed by atoms with Gasteiger partial charge in [0.15, 0.2) is 0 Å². The van der Waals surface area contributed by atoms with Crippen LogP contribution < -0.4 is 5.32 Å². The molecule has 0 atom stereocenters. The van der Waals surface area contributed by atoms with Crippen LogP contribution in [-0.4, -0.2) is 37.5 Å². The predicted octanol–water partition coefficient (Wildman–Crippen LogP) is 3.33. The van der Waals surface area contributed by atoms with Crippen LogP contribution in [0, 0.1) is 25.2 Å². The Morgan fingerprint density at radius 3 is 2.75 bits per heavy atom. The number of pyridine rings is 1. The molecule has 1 N–H and O–H groups in total. The molecule has 0 amide bonds. The first-order valence-electron chi connectivity index (χ1n) is 8.25. The number of nitrogens with one attached hydrogen (secondary N) is 1. The fraction of sp³-hybridized carbons (Fsp3) is 0.474. The molecule has 5 nitrogen and oxygen atoms in total. The Balaban J connectivity index is 2.00. The number of anilines is 1. The second kappa shape index (κ2) is 6.76. The molecule has 1 aliphatic rings. The second-order valence-corrected chi connectivity index (χ2v) is 6.49. The Bertz CT molecular complexity index is 789. The zero-order valence-electron chi connectivity index (χ0n) is 14.5. The van der Waals surface area contributed by atoms with E-state index in [-0.39, 0.29) is 5.60 Å². The van der Waals surface area contributed by atoms with Crippen LogP contribution in [0.3, 0.4) is 0 Å². The average molecular weight is 325 g/mol. The van der Waals surface area contributed by atoms with E-state index in [2.05, 4.69) is 35.4 Å². The summed E-state index contributed by atoms with van der Waals surface area (Å²) in [5.41, 5.74) is 4.36. The van der Waals surface area contributed by atoms with Gasteiger partial charge in [-0.2, -0.15) is 5.26 Å². The number of nitriles is 1. The number of benzene rings is 1. The molecule has 0 bridgehead atoms. The highest BCUT2D eigenvalue weighted by molar-refractivity contribution is 5.96. The van der Waals surface area contributed by atoms with Crippen LogP contribution in [0.25, 0.3) is 10.9 Å². The molecule has 1 saturated heterocycles. The molecule has 0 radical (unpaired) electrons. The molecule has 126 valence electrons. The maximum atomic E-state index is 9.49. The second-order valence-electron chi connectivity index (χ2n) is 6.49. The van der Waals surface area contributed by atoms with Crippen molar-refractivity contribution in [1.82, 2.24) is 4.98 Å². The first-order valence-corrected chi connectivity index (χ1v) is 8.25. The molecule has 1 aliphatic heterocycles. The van der Waals surface area contributed by atoms with E-state index in [9.17, 15) is 5.26 Å². The Kier molecular flexibility index (Phi) is 4.70. The summed E-state index contributed by atoms with van der Waals surface area (Å²) in [5, 5.41) is 14.0. The standard InChI is InChI=1S/C19H23N3O2/c1-13-8-14(2)17-16(9-13)18(15(10-20)11-21-17)22-12-19(23-3)4-6-24-7-5-19/h8-9,11H,4-7,12H2,1-3H3,(H,21,22). The highest BCUT2D eigenvalue weighted by Crippen LogP contribution is 2.31. The molecule has 1 aromatic carbocycles. The molecule has 0 aliphatic carbocycles. The van der Waals surface area contributed by atoms with Gasteiger partial charge < -0.3 is 14.8 Å². The van der Waals surface area contributed by atoms with E-state index in [1.807, 2.05) is 6.92 Å². The fourth-order valence-corrected chi connectivity index (χ4v) is 3.38. The highest BCUT2D eigenvalue weighted by atomic mass is 16.5. The van der Waals surface area contributed by atoms with Gasteiger partial charge in [-0.3, -0.25) is 4.98 Å². The fourth-order valence-electron chi connectivity index (χ4n) is 3.38. The van der Waals surface area contributed by atoms with E-state index in [4.69, 9.17) is 9.47 Å². The minimum atomic E-state index is -0.251. The summed E-state index contributed by atoms with van der Waals surface area (Å²) in [6.07, 6.45) is 3.34. The number of ether oxygens (including phenoxy) is 2. The number of nitrogens with zero attached hydrogens (tertiary/aromatic N) is 2. The van der Waals surface area contributed by atoms with E-state index >= 15 is 0 Å². The topological polar surface area (TPSA) is 67.2 Å². The minimum Gasteiger partial charge on any atom is -0.381 e. The van der Waals surface area contributed by atoms with Crippen LogP contribution in [0.2, 0.25) is 0 Å². The molecule has 0 saturated carbocycles. The van der Waals surface area contributed by atoms with E-state index in [1.54, 1.807) is 13.3 Å². The van der Waals surface area contributed by atoms with Crippen molar-refractivity contribution in [3.8, 4) is 6.07 Å². The van der Waals surface area contributed by atoms with Crippen molar-refractivity contribution in [2.75, 3.05) is 32.2 Å². The molecule has 3 rings (SSSR count). The highest BCUT2D eigenvalue weighted by Gasteiger charge is 2.32. The maximum absolute atomic E-state index is 9.49. The van der Waals surface area contributed by atoms with E-state index in [1.165, 1.54) is 0 Å². The zero-order chi connectivity index (χ0) is 17.2. The first-order chi connectivity index (χ1) is 11.6. The Hall–Kier alpha value is -2.16. The largest absolute Gasteiger partial charge is 0.381 e. The van der Waals surface area contributed by atoms with Crippen molar-refractivity contribution < 1.29 is 9.47 Å². The van der Waals surface area contributed by atoms with Crippen LogP contribution in [-0.2, 0) is 9.47 Å². The number of methoxy groups -OCH3 is 1. The number of hydrogen-bond acceptors (Lipinski definition) is 5. The predicted molar refractivity (Wildman–Crippen MR) is 94.2 cm³/mol. The van der Waals surface area contributed by atoms with Crippen molar-refractivity contribution in [3.63, 3.8) is 0 Å². The number of fused-ring (bicyclic) bond motifs is 1. The summed E-state index contributed by atoms with van der Waals surface area (Å²) >= 11 is 0. The van der Waals surface area contributed by atoms with Gasteiger partial charge in [0.1, 0.15) is 6.07 Å². The van der Waals surface area contributed by atoms with Crippen molar-refractivity contribution >= 4 is 16.6 Å². The van der Waals surface area contributed by atoms with Crippen LogP contribution in [0.15, 0.2) is 18.3 Å². The van der Waals surface area contributed by atoms with Gasteiger partial charge in [-0.05, 0) is 25.5 Å². The van der Waals surface area contributed by atoms with Gasteiger partial charge in [0.05, 0.1) is 22.4 Å². The van der Waals surface area contributed by atoms with Crippen molar-refractivity contribution in [3.05, 3.63) is 35.0 Å². The lowest BCUT2D eigenvalue weighted by molar-refractivity contribution is -0.0807. The van der Waals surface area contributed by atoms with Gasteiger partial charge in [0.25, 0.3) is 0 Å². The van der Waals surface area contributed by atoms with Gasteiger partial charge in [-0.15, -0.1) is 0 Å². The Labute approximate surface area is 142 Å². The smallest absolute Gasteiger partial charge is 0.103 e. The van der Waals surface area contributed by atoms with Crippen molar-refractivity contribution in [2.45, 2.75) is 32.3 Å². The lowest BCUT2D eigenvalue weighted by Gasteiger charge is -2.36. The van der Waals surface area contributed by atoms with Gasteiger partial charge in [0.2, 0.25) is 0 Å². The van der Waals surface area contributed by atoms with E-state index < -0.39 is 0 Å². The monoisotopic (exact) mass is 325 g/mol. The lowest BCUT2D eigenvalue weighted by atomic mass is 9.93. The Morgan fingerprint density at radius 1 is 1.33 bits per heavy atom. The SMILES string of the molecule is COC1(CNc2c(C#N)cnc3c(C)cc(C)cc23)CCOCC1. The van der Waals surface area contributed by atoms with Crippen molar-refractivity contribution in [2.24, 2.45) is 0 Å². The normalized spacial score (nSPS) is 16.8. The molecule has 5 heteroatoms. The number of aryl methyl sites for hydroxylation is 2. The van der Waals surface area contributed by atoms with Crippen molar-refractivity contribution in [1.29, 1.82) is 5.26 Å². The van der Waals surface area contributed by atoms with Crippen LogP contribution in [0.1, 0.15) is 29.5 Å². The molecule has 1 aromatic heterocycles. The lowest BCUT2D eigenvalue weighted by Crippen LogP contribution is -2.44. The Morgan fingerprint density at radius 2 is 2.08 bits per heavy atom. The average Bonchev–Trinajstić information content (AvgIpc) is 2.60. The first kappa shape index (κ1) is 16.7. The summed E-state index contributed by atoms with van der Waals surface area (Å²) in [6, 6.07) is 6.45. The number of rotatable bonds is 4. The number of aromatic nitrogens is 1. The third kappa shape index (κ3) is 3.08. The molecular formula is C19H23N3O2. The molecule has 2 heterocycles. The van der Waals surface area contributed by atoms with E-state index in [0.717, 1.165) is 40.6 Å². The summed E-state index contributed by atoms with van der Waals surface area (Å²) in [7, 11) is 1.75. The maximum Gasteiger partial charge on any atom is 0.103 e. The van der Waals surface area contributed by atoms with Gasteiger partial charge in [-0.25, -0.2) is 0 Å². The quantitative estimate of drug-likeness (QED) is 0.934. The summed E-state index contributed by atoms with van der Waals surface area (Å²) in [6.45, 7) is 6.16. The summed E-state index contributed by atoms with van der Waals surface area (Å²) in [4.78, 5) is 4.47. The van der Waals surface area contributed by atoms with Gasteiger partial charge in [-0.1, -0.05) is 11.6 Å². The molecule has 0 spiro atoms. The minimum absolute atomic E-state index is 0.251. The number of hydrogen-bond donors (Lipinski definition) is 1.